The molecule has 0 aliphatic heterocycles. The van der Waals surface area contributed by atoms with Crippen LogP contribution in [-0.2, 0) is 0 Å². The lowest BCUT2D eigenvalue weighted by Crippen LogP contribution is -2.12. The van der Waals surface area contributed by atoms with Crippen molar-refractivity contribution in [1.82, 2.24) is 4.98 Å². The van der Waals surface area contributed by atoms with Crippen LogP contribution in [0.5, 0.6) is 0 Å². The van der Waals surface area contributed by atoms with E-state index in [-0.39, 0.29) is 5.91 Å². The monoisotopic (exact) mass is 321 g/mol. The molecule has 0 bridgehead atoms. The molecular formula is C20H23N3O. The molecular weight excluding hydrogens is 298 g/mol. The molecule has 0 radical (unpaired) electrons. The summed E-state index contributed by atoms with van der Waals surface area (Å²) in [6, 6.07) is 12.9. The summed E-state index contributed by atoms with van der Waals surface area (Å²) >= 11 is 0. The number of benzene rings is 1. The Labute approximate surface area is 143 Å². The predicted molar refractivity (Wildman–Crippen MR) is 98.3 cm³/mol. The van der Waals surface area contributed by atoms with Gasteiger partial charge in [-0.3, -0.25) is 4.79 Å². The second-order valence-corrected chi connectivity index (χ2v) is 6.04. The van der Waals surface area contributed by atoms with Crippen LogP contribution in [0.2, 0.25) is 0 Å². The number of hydrogen-bond acceptors (Lipinski definition) is 3. The quantitative estimate of drug-likeness (QED) is 0.762. The molecule has 124 valence electrons. The molecule has 0 fully saturated rings. The van der Waals surface area contributed by atoms with Gasteiger partial charge in [-0.25, -0.2) is 4.98 Å². The van der Waals surface area contributed by atoms with Crippen molar-refractivity contribution in [2.45, 2.75) is 32.1 Å². The third-order valence-electron chi connectivity index (χ3n) is 4.19. The van der Waals surface area contributed by atoms with E-state index >= 15 is 0 Å². The Morgan fingerprint density at radius 1 is 1.08 bits per heavy atom. The zero-order valence-corrected chi connectivity index (χ0v) is 13.8. The summed E-state index contributed by atoms with van der Waals surface area (Å²) in [6.45, 7) is 0.897. The number of nitrogens with zero attached hydrogens (tertiary/aromatic N) is 1. The molecule has 3 rings (SSSR count). The molecule has 4 nitrogen and oxygen atoms in total. The van der Waals surface area contributed by atoms with Gasteiger partial charge >= 0.3 is 0 Å². The standard InChI is InChI=1S/C20H23N3O/c24-20(17-9-5-2-6-10-17)23-18-11-12-19(22-15-18)21-14-13-16-7-3-1-4-8-16/h2,5-7,9-12,15H,1,3-4,8,13-14H2,(H,21,22)(H,23,24). The van der Waals surface area contributed by atoms with Crippen molar-refractivity contribution in [2.75, 3.05) is 17.2 Å². The molecule has 1 heterocycles. The van der Waals surface area contributed by atoms with E-state index < -0.39 is 0 Å². The molecule has 2 aromatic rings. The Hall–Kier alpha value is -2.62. The minimum absolute atomic E-state index is 0.123. The molecule has 1 aromatic heterocycles. The van der Waals surface area contributed by atoms with Gasteiger partial charge in [0.15, 0.2) is 0 Å². The van der Waals surface area contributed by atoms with E-state index in [1.54, 1.807) is 23.9 Å². The van der Waals surface area contributed by atoms with Crippen molar-refractivity contribution in [2.24, 2.45) is 0 Å². The summed E-state index contributed by atoms with van der Waals surface area (Å²) in [4.78, 5) is 16.4. The number of pyridine rings is 1. The summed E-state index contributed by atoms with van der Waals surface area (Å²) in [5.41, 5.74) is 2.89. The highest BCUT2D eigenvalue weighted by Gasteiger charge is 2.06. The molecule has 0 saturated carbocycles. The van der Waals surface area contributed by atoms with E-state index in [4.69, 9.17) is 0 Å². The maximum Gasteiger partial charge on any atom is 0.255 e. The van der Waals surface area contributed by atoms with Crippen molar-refractivity contribution in [1.29, 1.82) is 0 Å². The Balaban J connectivity index is 1.48. The summed E-state index contributed by atoms with van der Waals surface area (Å²) in [5.74, 6) is 0.714. The number of rotatable bonds is 6. The number of anilines is 2. The van der Waals surface area contributed by atoms with Crippen molar-refractivity contribution < 1.29 is 4.79 Å². The van der Waals surface area contributed by atoms with Crippen molar-refractivity contribution in [3.05, 3.63) is 65.9 Å². The van der Waals surface area contributed by atoms with Crippen LogP contribution in [0.15, 0.2) is 60.3 Å². The second kappa shape index (κ2) is 8.29. The fraction of sp³-hybridized carbons (Fsp3) is 0.300. The highest BCUT2D eigenvalue weighted by molar-refractivity contribution is 6.04. The number of carbonyl (C=O) groups is 1. The largest absolute Gasteiger partial charge is 0.370 e. The molecule has 1 amide bonds. The van der Waals surface area contributed by atoms with Gasteiger partial charge in [-0.05, 0) is 56.4 Å². The minimum atomic E-state index is -0.123. The van der Waals surface area contributed by atoms with Gasteiger partial charge in [-0.15, -0.1) is 0 Å². The Morgan fingerprint density at radius 3 is 2.67 bits per heavy atom. The Morgan fingerprint density at radius 2 is 1.96 bits per heavy atom. The smallest absolute Gasteiger partial charge is 0.255 e. The lowest BCUT2D eigenvalue weighted by molar-refractivity contribution is 0.102. The first-order chi connectivity index (χ1) is 11.8. The molecule has 1 aromatic carbocycles. The maximum atomic E-state index is 12.1. The third-order valence-corrected chi connectivity index (χ3v) is 4.19. The van der Waals surface area contributed by atoms with E-state index in [1.807, 2.05) is 30.3 Å². The average molecular weight is 321 g/mol. The highest BCUT2D eigenvalue weighted by Crippen LogP contribution is 2.20. The first-order valence-corrected chi connectivity index (χ1v) is 8.55. The van der Waals surface area contributed by atoms with Crippen molar-refractivity contribution in [3.63, 3.8) is 0 Å². The summed E-state index contributed by atoms with van der Waals surface area (Å²) < 4.78 is 0. The summed E-state index contributed by atoms with van der Waals surface area (Å²) in [6.07, 6.45) is 10.2. The van der Waals surface area contributed by atoms with Crippen LogP contribution in [0.3, 0.4) is 0 Å². The molecule has 0 spiro atoms. The van der Waals surface area contributed by atoms with Crippen LogP contribution in [-0.4, -0.2) is 17.4 Å². The number of amides is 1. The van der Waals surface area contributed by atoms with E-state index in [2.05, 4.69) is 21.7 Å². The lowest BCUT2D eigenvalue weighted by atomic mass is 9.97. The third kappa shape index (κ3) is 4.69. The van der Waals surface area contributed by atoms with Crippen molar-refractivity contribution >= 4 is 17.4 Å². The van der Waals surface area contributed by atoms with E-state index in [1.165, 1.54) is 25.7 Å². The highest BCUT2D eigenvalue weighted by atomic mass is 16.1. The van der Waals surface area contributed by atoms with E-state index in [9.17, 15) is 4.79 Å². The van der Waals surface area contributed by atoms with E-state index in [0.717, 1.165) is 18.8 Å². The van der Waals surface area contributed by atoms with Crippen LogP contribution in [0.25, 0.3) is 0 Å². The number of hydrogen-bond donors (Lipinski definition) is 2. The Kier molecular flexibility index (Phi) is 5.61. The van der Waals surface area contributed by atoms with Gasteiger partial charge in [0.05, 0.1) is 11.9 Å². The lowest BCUT2D eigenvalue weighted by Gasteiger charge is -2.13. The SMILES string of the molecule is O=C(Nc1ccc(NCCC2=CCCCC2)nc1)c1ccccc1. The summed E-state index contributed by atoms with van der Waals surface area (Å²) in [5, 5.41) is 6.19. The van der Waals surface area contributed by atoms with Crippen LogP contribution in [0.4, 0.5) is 11.5 Å². The van der Waals surface area contributed by atoms with Crippen LogP contribution >= 0.6 is 0 Å². The molecule has 1 aliphatic rings. The van der Waals surface area contributed by atoms with Crippen LogP contribution in [0, 0.1) is 0 Å². The number of carbonyl (C=O) groups excluding carboxylic acids is 1. The fourth-order valence-corrected chi connectivity index (χ4v) is 2.85. The van der Waals surface area contributed by atoms with Gasteiger partial charge in [0.1, 0.15) is 5.82 Å². The van der Waals surface area contributed by atoms with Crippen LogP contribution < -0.4 is 10.6 Å². The van der Waals surface area contributed by atoms with Gasteiger partial charge in [-0.2, -0.15) is 0 Å². The van der Waals surface area contributed by atoms with Crippen LogP contribution in [0.1, 0.15) is 42.5 Å². The van der Waals surface area contributed by atoms with Gasteiger partial charge in [0.2, 0.25) is 0 Å². The predicted octanol–water partition coefficient (Wildman–Crippen LogP) is 4.64. The Bertz CT molecular complexity index is 693. The maximum absolute atomic E-state index is 12.1. The van der Waals surface area contributed by atoms with Gasteiger partial charge in [0.25, 0.3) is 5.91 Å². The van der Waals surface area contributed by atoms with Crippen molar-refractivity contribution in [3.8, 4) is 0 Å². The number of allylic oxidation sites excluding steroid dienone is 1. The molecule has 0 saturated heterocycles. The average Bonchev–Trinajstić information content (AvgIpc) is 2.65. The zero-order valence-electron chi connectivity index (χ0n) is 13.8. The first-order valence-electron chi connectivity index (χ1n) is 8.55. The molecule has 0 atom stereocenters. The number of aromatic nitrogens is 1. The molecule has 4 heteroatoms. The van der Waals surface area contributed by atoms with Gasteiger partial charge < -0.3 is 10.6 Å². The topological polar surface area (TPSA) is 54.0 Å². The van der Waals surface area contributed by atoms with E-state index in [0.29, 0.717) is 11.3 Å². The molecule has 0 unspecified atom stereocenters. The fourth-order valence-electron chi connectivity index (χ4n) is 2.85. The first kappa shape index (κ1) is 16.2. The molecule has 24 heavy (non-hydrogen) atoms. The van der Waals surface area contributed by atoms with Gasteiger partial charge in [0, 0.05) is 12.1 Å². The normalized spacial score (nSPS) is 13.9. The second-order valence-electron chi connectivity index (χ2n) is 6.04. The minimum Gasteiger partial charge on any atom is -0.370 e. The number of nitrogens with one attached hydrogen (secondary N) is 2. The molecule has 1 aliphatic carbocycles. The van der Waals surface area contributed by atoms with Gasteiger partial charge in [-0.1, -0.05) is 29.8 Å². The summed E-state index contributed by atoms with van der Waals surface area (Å²) in [7, 11) is 0. The zero-order chi connectivity index (χ0) is 16.6. The molecule has 2 N–H and O–H groups in total.